The number of amides is 2. The lowest BCUT2D eigenvalue weighted by molar-refractivity contribution is -0.125. The molecule has 0 radical (unpaired) electrons. The zero-order valence-corrected chi connectivity index (χ0v) is 16.8. The first-order valence-corrected chi connectivity index (χ1v) is 11.5. The van der Waals surface area contributed by atoms with Gasteiger partial charge >= 0.3 is 0 Å². The van der Waals surface area contributed by atoms with Gasteiger partial charge in [0.15, 0.2) is 0 Å². The van der Waals surface area contributed by atoms with Crippen LogP contribution in [-0.4, -0.2) is 37.1 Å². The van der Waals surface area contributed by atoms with E-state index in [0.29, 0.717) is 17.7 Å². The van der Waals surface area contributed by atoms with Crippen LogP contribution in [0.25, 0.3) is 0 Å². The number of hydrogen-bond acceptors (Lipinski definition) is 5. The maximum atomic E-state index is 12.8. The predicted octanol–water partition coefficient (Wildman–Crippen LogP) is 1.85. The Morgan fingerprint density at radius 3 is 2.61 bits per heavy atom. The van der Waals surface area contributed by atoms with Gasteiger partial charge in [-0.3, -0.25) is 20.4 Å². The maximum absolute atomic E-state index is 12.8. The van der Waals surface area contributed by atoms with E-state index in [2.05, 4.69) is 10.9 Å². The first kappa shape index (κ1) is 19.1. The number of aryl methyl sites for hydroxylation is 2. The number of benzene rings is 1. The molecule has 1 fully saturated rings. The van der Waals surface area contributed by atoms with Gasteiger partial charge in [-0.15, -0.1) is 11.3 Å². The van der Waals surface area contributed by atoms with Gasteiger partial charge in [-0.25, -0.2) is 8.42 Å². The third-order valence-electron chi connectivity index (χ3n) is 5.13. The summed E-state index contributed by atoms with van der Waals surface area (Å²) in [6.45, 7) is 0.279. The fraction of sp³-hybridized carbons (Fsp3) is 0.368. The molecule has 0 spiro atoms. The van der Waals surface area contributed by atoms with E-state index in [1.165, 1.54) is 38.2 Å². The summed E-state index contributed by atoms with van der Waals surface area (Å²) in [5.74, 6) is -0.891. The van der Waals surface area contributed by atoms with Crippen molar-refractivity contribution in [2.75, 3.05) is 6.54 Å². The van der Waals surface area contributed by atoms with Gasteiger partial charge in [0.2, 0.25) is 10.0 Å². The van der Waals surface area contributed by atoms with Crippen molar-refractivity contribution >= 4 is 33.2 Å². The molecule has 1 atom stereocenters. The molecule has 2 aromatic rings. The number of carbonyl (C=O) groups excluding carboxylic acids is 2. The van der Waals surface area contributed by atoms with Crippen molar-refractivity contribution in [2.24, 2.45) is 0 Å². The van der Waals surface area contributed by atoms with Gasteiger partial charge in [-0.1, -0.05) is 18.2 Å². The molecule has 9 heteroatoms. The van der Waals surface area contributed by atoms with Gasteiger partial charge in [-0.2, -0.15) is 4.31 Å². The number of nitrogens with zero attached hydrogens (tertiary/aromatic N) is 1. The summed E-state index contributed by atoms with van der Waals surface area (Å²) in [5, 5.41) is 0. The minimum Gasteiger partial charge on any atom is -0.271 e. The van der Waals surface area contributed by atoms with E-state index >= 15 is 0 Å². The number of hydrogen-bond donors (Lipinski definition) is 2. The van der Waals surface area contributed by atoms with Crippen LogP contribution in [0.1, 0.15) is 39.4 Å². The molecule has 1 aromatic carbocycles. The van der Waals surface area contributed by atoms with E-state index in [4.69, 9.17) is 0 Å². The molecule has 7 nitrogen and oxygen atoms in total. The van der Waals surface area contributed by atoms with Crippen LogP contribution in [-0.2, 0) is 27.7 Å². The summed E-state index contributed by atoms with van der Waals surface area (Å²) in [6, 6.07) is 9.10. The molecule has 148 valence electrons. The standard InChI is InChI=1S/C19H21N3O4S2/c23-18(20-21-19(24)17-12-13-6-4-10-16(13)27-17)15-9-5-11-22(15)28(25,26)14-7-2-1-3-8-14/h1-3,7-8,12,15H,4-6,9-11H2,(H,20,23)(H,21,24)/t15-/m0/s1. The number of sulfonamides is 1. The summed E-state index contributed by atoms with van der Waals surface area (Å²) in [6.07, 6.45) is 4.11. The summed E-state index contributed by atoms with van der Waals surface area (Å²) in [5.41, 5.74) is 6.04. The van der Waals surface area contributed by atoms with E-state index in [9.17, 15) is 18.0 Å². The molecule has 1 saturated heterocycles. The van der Waals surface area contributed by atoms with Gasteiger partial charge in [0.25, 0.3) is 11.8 Å². The SMILES string of the molecule is O=C(NNC(=O)[C@@H]1CCCN1S(=O)(=O)c1ccccc1)c1cc2c(s1)CCC2. The van der Waals surface area contributed by atoms with Crippen molar-refractivity contribution in [1.29, 1.82) is 0 Å². The third-order valence-corrected chi connectivity index (χ3v) is 8.28. The monoisotopic (exact) mass is 419 g/mol. The van der Waals surface area contributed by atoms with E-state index in [1.54, 1.807) is 18.2 Å². The molecule has 2 aliphatic rings. The van der Waals surface area contributed by atoms with E-state index in [-0.39, 0.29) is 17.3 Å². The molecule has 1 aliphatic carbocycles. The van der Waals surface area contributed by atoms with E-state index < -0.39 is 22.0 Å². The number of thiophene rings is 1. The van der Waals surface area contributed by atoms with Gasteiger partial charge in [0, 0.05) is 11.4 Å². The highest BCUT2D eigenvalue weighted by atomic mass is 32.2. The van der Waals surface area contributed by atoms with Crippen LogP contribution in [0.3, 0.4) is 0 Å². The average molecular weight is 420 g/mol. The van der Waals surface area contributed by atoms with Crippen molar-refractivity contribution in [3.63, 3.8) is 0 Å². The van der Waals surface area contributed by atoms with Crippen LogP contribution in [0.5, 0.6) is 0 Å². The Hall–Kier alpha value is -2.23. The first-order chi connectivity index (χ1) is 13.5. The van der Waals surface area contributed by atoms with E-state index in [1.807, 2.05) is 6.07 Å². The molecule has 1 aromatic heterocycles. The second kappa shape index (κ2) is 7.65. The second-order valence-corrected chi connectivity index (χ2v) is 9.97. The zero-order valence-electron chi connectivity index (χ0n) is 15.2. The summed E-state index contributed by atoms with van der Waals surface area (Å²) in [7, 11) is -3.76. The molecule has 2 heterocycles. The molecule has 28 heavy (non-hydrogen) atoms. The lowest BCUT2D eigenvalue weighted by Gasteiger charge is -2.23. The Kier molecular flexibility index (Phi) is 5.22. The van der Waals surface area contributed by atoms with Gasteiger partial charge in [-0.05, 0) is 55.9 Å². The van der Waals surface area contributed by atoms with Crippen LogP contribution < -0.4 is 10.9 Å². The first-order valence-electron chi connectivity index (χ1n) is 9.25. The fourth-order valence-corrected chi connectivity index (χ4v) is 6.55. The Labute approximate surface area is 167 Å². The van der Waals surface area contributed by atoms with Crippen molar-refractivity contribution in [1.82, 2.24) is 15.2 Å². The fourth-order valence-electron chi connectivity index (χ4n) is 3.72. The Morgan fingerprint density at radius 2 is 1.86 bits per heavy atom. The number of fused-ring (bicyclic) bond motifs is 1. The average Bonchev–Trinajstić information content (AvgIpc) is 3.42. The Morgan fingerprint density at radius 1 is 1.07 bits per heavy atom. The largest absolute Gasteiger partial charge is 0.279 e. The summed E-state index contributed by atoms with van der Waals surface area (Å²) in [4.78, 5) is 26.9. The van der Waals surface area contributed by atoms with Crippen LogP contribution in [0, 0.1) is 0 Å². The molecule has 4 rings (SSSR count). The van der Waals surface area contributed by atoms with Crippen molar-refractivity contribution in [2.45, 2.75) is 43.0 Å². The number of carbonyl (C=O) groups is 2. The molecule has 0 saturated carbocycles. The van der Waals surface area contributed by atoms with Crippen molar-refractivity contribution in [3.05, 3.63) is 51.7 Å². The van der Waals surface area contributed by atoms with Gasteiger partial charge in [0.1, 0.15) is 6.04 Å². The van der Waals surface area contributed by atoms with Crippen molar-refractivity contribution in [3.8, 4) is 0 Å². The molecule has 0 bridgehead atoms. The number of hydrazine groups is 1. The van der Waals surface area contributed by atoms with Crippen LogP contribution in [0.4, 0.5) is 0 Å². The molecule has 0 unspecified atom stereocenters. The molecule has 1 aliphatic heterocycles. The highest BCUT2D eigenvalue weighted by Crippen LogP contribution is 2.30. The minimum absolute atomic E-state index is 0.159. The maximum Gasteiger partial charge on any atom is 0.279 e. The van der Waals surface area contributed by atoms with Crippen LogP contribution in [0.15, 0.2) is 41.3 Å². The van der Waals surface area contributed by atoms with Gasteiger partial charge < -0.3 is 0 Å². The number of rotatable bonds is 4. The van der Waals surface area contributed by atoms with Crippen molar-refractivity contribution < 1.29 is 18.0 Å². The zero-order chi connectivity index (χ0) is 19.7. The van der Waals surface area contributed by atoms with E-state index in [0.717, 1.165) is 19.3 Å². The number of nitrogens with one attached hydrogen (secondary N) is 2. The molecule has 2 N–H and O–H groups in total. The lowest BCUT2D eigenvalue weighted by Crippen LogP contribution is -2.51. The summed E-state index contributed by atoms with van der Waals surface area (Å²) >= 11 is 1.45. The third kappa shape index (κ3) is 3.57. The topological polar surface area (TPSA) is 95.6 Å². The highest BCUT2D eigenvalue weighted by molar-refractivity contribution is 7.89. The second-order valence-electron chi connectivity index (χ2n) is 6.94. The normalized spacial score (nSPS) is 19.4. The Balaban J connectivity index is 1.41. The smallest absolute Gasteiger partial charge is 0.271 e. The molecule has 2 amide bonds. The van der Waals surface area contributed by atoms with Gasteiger partial charge in [0.05, 0.1) is 9.77 Å². The lowest BCUT2D eigenvalue weighted by atomic mass is 10.2. The summed E-state index contributed by atoms with van der Waals surface area (Å²) < 4.78 is 26.9. The van der Waals surface area contributed by atoms with Crippen LogP contribution >= 0.6 is 11.3 Å². The molecular formula is C19H21N3O4S2. The minimum atomic E-state index is -3.76. The predicted molar refractivity (Wildman–Crippen MR) is 105 cm³/mol. The highest BCUT2D eigenvalue weighted by Gasteiger charge is 2.39. The quantitative estimate of drug-likeness (QED) is 0.740. The Bertz CT molecular complexity index is 980. The van der Waals surface area contributed by atoms with Crippen LogP contribution in [0.2, 0.25) is 0 Å². The molecular weight excluding hydrogens is 398 g/mol.